The largest absolute Gasteiger partial charge is 0.477 e. The highest BCUT2D eigenvalue weighted by Crippen LogP contribution is 2.29. The molecule has 24 heavy (non-hydrogen) atoms. The number of aromatic carboxylic acids is 1. The first-order chi connectivity index (χ1) is 11.7. The topological polar surface area (TPSA) is 50.2 Å². The Bertz CT molecular complexity index is 1020. The van der Waals surface area contributed by atoms with Crippen LogP contribution in [-0.4, -0.2) is 16.1 Å². The first-order valence-electron chi connectivity index (χ1n) is 7.49. The van der Waals surface area contributed by atoms with Crippen LogP contribution in [0.3, 0.4) is 0 Å². The lowest BCUT2D eigenvalue weighted by atomic mass is 10.0. The molecule has 0 spiro atoms. The first-order valence-corrected chi connectivity index (χ1v) is 8.31. The van der Waals surface area contributed by atoms with E-state index in [-0.39, 0.29) is 0 Å². The van der Waals surface area contributed by atoms with Crippen LogP contribution in [0, 0.1) is 0 Å². The average molecular weight is 331 g/mol. The molecule has 2 heterocycles. The summed E-state index contributed by atoms with van der Waals surface area (Å²) in [5, 5.41) is 10.0. The number of carboxylic acids is 1. The third-order valence-electron chi connectivity index (χ3n) is 3.90. The number of pyridine rings is 1. The molecule has 0 saturated heterocycles. The van der Waals surface area contributed by atoms with Crippen LogP contribution in [0.2, 0.25) is 0 Å². The molecule has 4 aromatic rings. The summed E-state index contributed by atoms with van der Waals surface area (Å²) in [6, 6.07) is 22.1. The molecule has 116 valence electrons. The Labute approximate surface area is 142 Å². The van der Waals surface area contributed by atoms with Crippen LogP contribution in [-0.2, 0) is 0 Å². The number of fused-ring (bicyclic) bond motifs is 1. The van der Waals surface area contributed by atoms with Gasteiger partial charge in [0.1, 0.15) is 4.88 Å². The second-order valence-corrected chi connectivity index (χ2v) is 6.55. The van der Waals surface area contributed by atoms with Crippen LogP contribution in [0.4, 0.5) is 0 Å². The van der Waals surface area contributed by atoms with Gasteiger partial charge in [0, 0.05) is 11.8 Å². The minimum Gasteiger partial charge on any atom is -0.477 e. The van der Waals surface area contributed by atoms with Gasteiger partial charge in [0.05, 0.1) is 10.4 Å². The maximum atomic E-state index is 11.1. The molecule has 2 aromatic heterocycles. The first kappa shape index (κ1) is 14.6. The van der Waals surface area contributed by atoms with Crippen LogP contribution >= 0.6 is 11.3 Å². The smallest absolute Gasteiger partial charge is 0.345 e. The fourth-order valence-electron chi connectivity index (χ4n) is 2.67. The number of nitrogens with zero attached hydrogens (tertiary/aromatic N) is 1. The molecule has 0 saturated carbocycles. The minimum absolute atomic E-state index is 0.336. The third-order valence-corrected chi connectivity index (χ3v) is 4.98. The summed E-state index contributed by atoms with van der Waals surface area (Å²) in [5.41, 5.74) is 4.19. The summed E-state index contributed by atoms with van der Waals surface area (Å²) >= 11 is 1.25. The molecule has 0 fully saturated rings. The van der Waals surface area contributed by atoms with E-state index in [9.17, 15) is 4.79 Å². The van der Waals surface area contributed by atoms with Crippen molar-refractivity contribution in [2.75, 3.05) is 0 Å². The molecule has 4 heteroatoms. The standard InChI is InChI=1S/C20H13NO2S/c22-20(23)18-11-16-10-17(21-12-19(16)24-18)15-8-6-14(7-9-15)13-4-2-1-3-5-13/h1-12H,(H,22,23). The van der Waals surface area contributed by atoms with E-state index < -0.39 is 5.97 Å². The number of thiophene rings is 1. The Balaban J connectivity index is 1.70. The zero-order valence-corrected chi connectivity index (χ0v) is 13.5. The lowest BCUT2D eigenvalue weighted by Gasteiger charge is -2.04. The zero-order valence-electron chi connectivity index (χ0n) is 12.6. The van der Waals surface area contributed by atoms with Crippen LogP contribution in [0.1, 0.15) is 9.67 Å². The minimum atomic E-state index is -0.898. The average Bonchev–Trinajstić information content (AvgIpc) is 3.06. The predicted molar refractivity (Wildman–Crippen MR) is 97.5 cm³/mol. The Hall–Kier alpha value is -2.98. The van der Waals surface area contributed by atoms with Gasteiger partial charge in [0.25, 0.3) is 0 Å². The maximum absolute atomic E-state index is 11.1. The normalized spacial score (nSPS) is 10.8. The highest BCUT2D eigenvalue weighted by molar-refractivity contribution is 7.20. The van der Waals surface area contributed by atoms with Crippen molar-refractivity contribution in [2.24, 2.45) is 0 Å². The Morgan fingerprint density at radius 3 is 2.25 bits per heavy atom. The molecule has 3 nitrogen and oxygen atoms in total. The van der Waals surface area contributed by atoms with E-state index in [4.69, 9.17) is 5.11 Å². The van der Waals surface area contributed by atoms with Crippen LogP contribution in [0.25, 0.3) is 32.5 Å². The molecule has 0 aliphatic rings. The summed E-state index contributed by atoms with van der Waals surface area (Å²) in [4.78, 5) is 15.9. The molecule has 4 rings (SSSR count). The van der Waals surface area contributed by atoms with E-state index in [1.165, 1.54) is 16.9 Å². The van der Waals surface area contributed by atoms with Gasteiger partial charge in [-0.25, -0.2) is 4.79 Å². The van der Waals surface area contributed by atoms with E-state index in [1.807, 2.05) is 36.4 Å². The number of carboxylic acid groups (broad SMARTS) is 1. The molecule has 0 radical (unpaired) electrons. The SMILES string of the molecule is O=C(O)c1cc2cc(-c3ccc(-c4ccccc4)cc3)ncc2s1. The quantitative estimate of drug-likeness (QED) is 0.552. The molecule has 0 aliphatic carbocycles. The second kappa shape index (κ2) is 5.91. The van der Waals surface area contributed by atoms with Crippen molar-refractivity contribution in [1.82, 2.24) is 4.98 Å². The number of rotatable bonds is 3. The van der Waals surface area contributed by atoms with Gasteiger partial charge in [-0.1, -0.05) is 54.6 Å². The lowest BCUT2D eigenvalue weighted by molar-refractivity contribution is 0.0702. The Morgan fingerprint density at radius 2 is 1.54 bits per heavy atom. The van der Waals surface area contributed by atoms with Crippen molar-refractivity contribution in [3.05, 3.63) is 77.8 Å². The molecular weight excluding hydrogens is 318 g/mol. The van der Waals surface area contributed by atoms with Crippen LogP contribution < -0.4 is 0 Å². The van der Waals surface area contributed by atoms with Gasteiger partial charge in [-0.15, -0.1) is 11.3 Å². The van der Waals surface area contributed by atoms with E-state index in [1.54, 1.807) is 12.3 Å². The van der Waals surface area contributed by atoms with Crippen molar-refractivity contribution < 1.29 is 9.90 Å². The fraction of sp³-hybridized carbons (Fsp3) is 0. The van der Waals surface area contributed by atoms with Crippen molar-refractivity contribution >= 4 is 27.4 Å². The summed E-state index contributed by atoms with van der Waals surface area (Å²) in [7, 11) is 0. The molecule has 0 unspecified atom stereocenters. The van der Waals surface area contributed by atoms with Crippen molar-refractivity contribution in [3.63, 3.8) is 0 Å². The van der Waals surface area contributed by atoms with E-state index in [0.29, 0.717) is 4.88 Å². The van der Waals surface area contributed by atoms with E-state index in [0.717, 1.165) is 26.9 Å². The molecule has 2 aromatic carbocycles. The van der Waals surface area contributed by atoms with E-state index >= 15 is 0 Å². The van der Waals surface area contributed by atoms with Crippen LogP contribution in [0.5, 0.6) is 0 Å². The summed E-state index contributed by atoms with van der Waals surface area (Å²) in [6.07, 6.45) is 1.74. The van der Waals surface area contributed by atoms with Crippen molar-refractivity contribution in [3.8, 4) is 22.4 Å². The molecule has 0 bridgehead atoms. The molecule has 0 amide bonds. The van der Waals surface area contributed by atoms with Crippen molar-refractivity contribution in [1.29, 1.82) is 0 Å². The number of carbonyl (C=O) groups is 1. The van der Waals surface area contributed by atoms with Gasteiger partial charge in [0.2, 0.25) is 0 Å². The lowest BCUT2D eigenvalue weighted by Crippen LogP contribution is -1.89. The number of hydrogen-bond donors (Lipinski definition) is 1. The van der Waals surface area contributed by atoms with Gasteiger partial charge in [0.15, 0.2) is 0 Å². The van der Waals surface area contributed by atoms with Gasteiger partial charge < -0.3 is 5.11 Å². The maximum Gasteiger partial charge on any atom is 0.345 e. The molecule has 1 N–H and O–H groups in total. The second-order valence-electron chi connectivity index (χ2n) is 5.47. The summed E-state index contributed by atoms with van der Waals surface area (Å²) in [6.45, 7) is 0. The third kappa shape index (κ3) is 2.68. The highest BCUT2D eigenvalue weighted by Gasteiger charge is 2.10. The number of benzene rings is 2. The number of hydrogen-bond acceptors (Lipinski definition) is 3. The monoisotopic (exact) mass is 331 g/mol. The van der Waals surface area contributed by atoms with Gasteiger partial charge >= 0.3 is 5.97 Å². The van der Waals surface area contributed by atoms with Crippen molar-refractivity contribution in [2.45, 2.75) is 0 Å². The van der Waals surface area contributed by atoms with E-state index in [2.05, 4.69) is 29.2 Å². The molecule has 0 aliphatic heterocycles. The Morgan fingerprint density at radius 1 is 0.875 bits per heavy atom. The van der Waals surface area contributed by atoms with Crippen LogP contribution in [0.15, 0.2) is 72.9 Å². The number of aromatic nitrogens is 1. The summed E-state index contributed by atoms with van der Waals surface area (Å²) < 4.78 is 0.886. The van der Waals surface area contributed by atoms with Gasteiger partial charge in [-0.3, -0.25) is 4.98 Å². The summed E-state index contributed by atoms with van der Waals surface area (Å²) in [5.74, 6) is -0.898. The zero-order chi connectivity index (χ0) is 16.5. The molecule has 0 atom stereocenters. The predicted octanol–water partition coefficient (Wildman–Crippen LogP) is 5.33. The highest BCUT2D eigenvalue weighted by atomic mass is 32.1. The van der Waals surface area contributed by atoms with Gasteiger partial charge in [-0.05, 0) is 28.6 Å². The molecular formula is C20H13NO2S. The fourth-order valence-corrected chi connectivity index (χ4v) is 3.52. The Kier molecular flexibility index (Phi) is 3.59. The van der Waals surface area contributed by atoms with Gasteiger partial charge in [-0.2, -0.15) is 0 Å².